The quantitative estimate of drug-likeness (QED) is 0.914. The Morgan fingerprint density at radius 1 is 1.19 bits per heavy atom. The van der Waals surface area contributed by atoms with Gasteiger partial charge in [-0.3, -0.25) is 4.98 Å². The van der Waals surface area contributed by atoms with Crippen molar-refractivity contribution < 1.29 is 0 Å². The van der Waals surface area contributed by atoms with E-state index in [0.29, 0.717) is 5.82 Å². The van der Waals surface area contributed by atoms with Crippen molar-refractivity contribution in [1.82, 2.24) is 15.0 Å². The fourth-order valence-electron chi connectivity index (χ4n) is 2.12. The van der Waals surface area contributed by atoms with Crippen molar-refractivity contribution >= 4 is 11.6 Å². The molecule has 0 amide bonds. The molecule has 0 aliphatic heterocycles. The number of hydrogen-bond acceptors (Lipinski definition) is 5. The van der Waals surface area contributed by atoms with Crippen LogP contribution in [0.25, 0.3) is 0 Å². The first-order chi connectivity index (χ1) is 9.99. The molecule has 0 aliphatic carbocycles. The lowest BCUT2D eigenvalue weighted by atomic mass is 10.1. The molecule has 2 rings (SSSR count). The van der Waals surface area contributed by atoms with Gasteiger partial charge in [-0.2, -0.15) is 0 Å². The molecule has 0 aliphatic rings. The molecule has 2 aromatic rings. The van der Waals surface area contributed by atoms with E-state index in [1.54, 1.807) is 0 Å². The van der Waals surface area contributed by atoms with Crippen LogP contribution in [0.15, 0.2) is 24.5 Å². The van der Waals surface area contributed by atoms with Gasteiger partial charge in [-0.05, 0) is 31.0 Å². The largest absolute Gasteiger partial charge is 0.383 e. The van der Waals surface area contributed by atoms with Gasteiger partial charge in [0.1, 0.15) is 17.5 Å². The van der Waals surface area contributed by atoms with Crippen LogP contribution >= 0.6 is 0 Å². The number of nitrogen functional groups attached to an aromatic ring is 1. The second-order valence-corrected chi connectivity index (χ2v) is 5.60. The lowest BCUT2D eigenvalue weighted by molar-refractivity contribution is 0.759. The topological polar surface area (TPSA) is 67.9 Å². The van der Waals surface area contributed by atoms with Crippen molar-refractivity contribution in [3.05, 3.63) is 41.5 Å². The van der Waals surface area contributed by atoms with Gasteiger partial charge in [-0.25, -0.2) is 9.97 Å². The maximum Gasteiger partial charge on any atom is 0.137 e. The van der Waals surface area contributed by atoms with Gasteiger partial charge in [0, 0.05) is 37.5 Å². The summed E-state index contributed by atoms with van der Waals surface area (Å²) in [6.45, 7) is 6.99. The van der Waals surface area contributed by atoms with E-state index >= 15 is 0 Å². The number of hydrogen-bond donors (Lipinski definition) is 1. The Balaban J connectivity index is 2.16. The number of anilines is 2. The van der Waals surface area contributed by atoms with E-state index in [2.05, 4.69) is 33.7 Å². The number of nitrogens with zero attached hydrogens (tertiary/aromatic N) is 4. The minimum absolute atomic E-state index is 0.264. The van der Waals surface area contributed by atoms with E-state index in [-0.39, 0.29) is 5.92 Å². The molecule has 2 N–H and O–H groups in total. The van der Waals surface area contributed by atoms with Crippen molar-refractivity contribution in [3.63, 3.8) is 0 Å². The van der Waals surface area contributed by atoms with Crippen molar-refractivity contribution in [2.24, 2.45) is 0 Å². The molecular weight excluding hydrogens is 262 g/mol. The van der Waals surface area contributed by atoms with Gasteiger partial charge in [-0.15, -0.1) is 0 Å². The first kappa shape index (κ1) is 15.2. The van der Waals surface area contributed by atoms with Crippen LogP contribution in [0, 0.1) is 6.92 Å². The van der Waals surface area contributed by atoms with Crippen LogP contribution < -0.4 is 10.6 Å². The summed E-state index contributed by atoms with van der Waals surface area (Å²) in [5, 5.41) is 0. The van der Waals surface area contributed by atoms with Crippen LogP contribution in [-0.4, -0.2) is 28.5 Å². The van der Waals surface area contributed by atoms with Gasteiger partial charge >= 0.3 is 0 Å². The molecule has 112 valence electrons. The Hall–Kier alpha value is -2.17. The third-order valence-electron chi connectivity index (χ3n) is 3.54. The van der Waals surface area contributed by atoms with Crippen molar-refractivity contribution in [2.75, 3.05) is 24.2 Å². The second-order valence-electron chi connectivity index (χ2n) is 5.60. The van der Waals surface area contributed by atoms with Gasteiger partial charge in [0.2, 0.25) is 0 Å². The number of aromatic nitrogens is 3. The molecule has 21 heavy (non-hydrogen) atoms. The fraction of sp³-hybridized carbons (Fsp3) is 0.438. The molecule has 2 aromatic heterocycles. The molecule has 0 spiro atoms. The maximum absolute atomic E-state index is 6.02. The van der Waals surface area contributed by atoms with E-state index in [1.807, 2.05) is 38.5 Å². The van der Waals surface area contributed by atoms with E-state index in [9.17, 15) is 0 Å². The SMILES string of the molecule is Cc1c(N)nc(C(C)C)nc1N(C)CCc1ccncc1. The first-order valence-electron chi connectivity index (χ1n) is 7.23. The average molecular weight is 285 g/mol. The van der Waals surface area contributed by atoms with Crippen LogP contribution in [0.4, 0.5) is 11.6 Å². The highest BCUT2D eigenvalue weighted by Gasteiger charge is 2.14. The summed E-state index contributed by atoms with van der Waals surface area (Å²) in [7, 11) is 2.04. The highest BCUT2D eigenvalue weighted by Crippen LogP contribution is 2.23. The summed E-state index contributed by atoms with van der Waals surface area (Å²) in [4.78, 5) is 15.2. The van der Waals surface area contributed by atoms with Gasteiger partial charge in [0.15, 0.2) is 0 Å². The van der Waals surface area contributed by atoms with Crippen LogP contribution in [0.3, 0.4) is 0 Å². The van der Waals surface area contributed by atoms with E-state index in [0.717, 1.165) is 30.2 Å². The lowest BCUT2D eigenvalue weighted by Crippen LogP contribution is -2.24. The minimum atomic E-state index is 0.264. The zero-order valence-corrected chi connectivity index (χ0v) is 13.2. The van der Waals surface area contributed by atoms with E-state index in [1.165, 1.54) is 5.56 Å². The smallest absolute Gasteiger partial charge is 0.137 e. The Labute approximate surface area is 126 Å². The third-order valence-corrected chi connectivity index (χ3v) is 3.54. The molecule has 0 saturated heterocycles. The van der Waals surface area contributed by atoms with E-state index < -0.39 is 0 Å². The lowest BCUT2D eigenvalue weighted by Gasteiger charge is -2.22. The highest BCUT2D eigenvalue weighted by atomic mass is 15.2. The summed E-state index contributed by atoms with van der Waals surface area (Å²) < 4.78 is 0. The normalized spacial score (nSPS) is 10.9. The van der Waals surface area contributed by atoms with Crippen molar-refractivity contribution in [1.29, 1.82) is 0 Å². The average Bonchev–Trinajstić information content (AvgIpc) is 2.48. The van der Waals surface area contributed by atoms with E-state index in [4.69, 9.17) is 5.73 Å². The predicted molar refractivity (Wildman–Crippen MR) is 86.5 cm³/mol. The Bertz CT molecular complexity index is 595. The monoisotopic (exact) mass is 285 g/mol. The van der Waals surface area contributed by atoms with Crippen LogP contribution in [0.5, 0.6) is 0 Å². The Kier molecular flexibility index (Phi) is 4.73. The predicted octanol–water partition coefficient (Wildman–Crippen LogP) is 2.56. The molecule has 5 nitrogen and oxygen atoms in total. The molecular formula is C16H23N5. The van der Waals surface area contributed by atoms with Crippen molar-refractivity contribution in [3.8, 4) is 0 Å². The van der Waals surface area contributed by atoms with Crippen LogP contribution in [0.1, 0.15) is 36.7 Å². The zero-order chi connectivity index (χ0) is 15.4. The number of pyridine rings is 1. The fourth-order valence-corrected chi connectivity index (χ4v) is 2.12. The molecule has 0 bridgehead atoms. The molecule has 0 aromatic carbocycles. The van der Waals surface area contributed by atoms with Crippen molar-refractivity contribution in [2.45, 2.75) is 33.1 Å². The van der Waals surface area contributed by atoms with Crippen LogP contribution in [0.2, 0.25) is 0 Å². The summed E-state index contributed by atoms with van der Waals surface area (Å²) >= 11 is 0. The Morgan fingerprint density at radius 2 is 1.86 bits per heavy atom. The molecule has 0 saturated carbocycles. The molecule has 0 atom stereocenters. The molecule has 2 heterocycles. The maximum atomic E-state index is 6.02. The zero-order valence-electron chi connectivity index (χ0n) is 13.2. The molecule has 0 unspecified atom stereocenters. The highest BCUT2D eigenvalue weighted by molar-refractivity contribution is 5.56. The summed E-state index contributed by atoms with van der Waals surface area (Å²) in [5.41, 5.74) is 8.22. The number of rotatable bonds is 5. The second kappa shape index (κ2) is 6.52. The summed E-state index contributed by atoms with van der Waals surface area (Å²) in [6.07, 6.45) is 4.58. The number of nitrogens with two attached hydrogens (primary N) is 1. The molecule has 5 heteroatoms. The number of likely N-dealkylation sites (N-methyl/N-ethyl adjacent to an activating group) is 1. The molecule has 0 fully saturated rings. The van der Waals surface area contributed by atoms with Gasteiger partial charge in [0.25, 0.3) is 0 Å². The standard InChI is InChI=1S/C16H23N5/c1-11(2)15-19-14(17)12(3)16(20-15)21(4)10-7-13-5-8-18-9-6-13/h5-6,8-9,11H,7,10H2,1-4H3,(H2,17,19,20). The third kappa shape index (κ3) is 3.68. The van der Waals surface area contributed by atoms with Gasteiger partial charge in [0.05, 0.1) is 0 Å². The first-order valence-corrected chi connectivity index (χ1v) is 7.23. The minimum Gasteiger partial charge on any atom is -0.383 e. The summed E-state index contributed by atoms with van der Waals surface area (Å²) in [6, 6.07) is 4.07. The van der Waals surface area contributed by atoms with Gasteiger partial charge < -0.3 is 10.6 Å². The van der Waals surface area contributed by atoms with Crippen LogP contribution in [-0.2, 0) is 6.42 Å². The van der Waals surface area contributed by atoms with Gasteiger partial charge in [-0.1, -0.05) is 13.8 Å². The summed E-state index contributed by atoms with van der Waals surface area (Å²) in [5.74, 6) is 2.55. The Morgan fingerprint density at radius 3 is 2.48 bits per heavy atom. The molecule has 0 radical (unpaired) electrons.